The molecule has 0 saturated heterocycles. The molecule has 10 heteroatoms. The predicted molar refractivity (Wildman–Crippen MR) is 203 cm³/mol. The first-order valence-corrected chi connectivity index (χ1v) is 18.7. The summed E-state index contributed by atoms with van der Waals surface area (Å²) < 4.78 is 5.37. The van der Waals surface area contributed by atoms with Crippen LogP contribution < -0.4 is 16.0 Å². The van der Waals surface area contributed by atoms with Gasteiger partial charge < -0.3 is 20.7 Å². The molecular formula is C40H43N3O5S2. The van der Waals surface area contributed by atoms with E-state index in [0.717, 1.165) is 53.0 Å². The zero-order valence-corrected chi connectivity index (χ0v) is 30.5. The van der Waals surface area contributed by atoms with Crippen molar-refractivity contribution in [3.05, 3.63) is 117 Å². The van der Waals surface area contributed by atoms with Gasteiger partial charge in [0.1, 0.15) is 10.7 Å². The Labute approximate surface area is 302 Å². The van der Waals surface area contributed by atoms with Crippen molar-refractivity contribution in [1.82, 2.24) is 5.32 Å². The minimum atomic E-state index is -0.507. The zero-order chi connectivity index (χ0) is 35.6. The lowest BCUT2D eigenvalue weighted by atomic mass is 10.0. The standard InChI is InChI=1S/C40H43N3O5S2/c1-5-48-40(47)35-32-17-10-7-11-18-34(32)50-39(35)43-36(44)26(4)49-31-16-12-15-30(24-31)41-38(46)33(42-37(45)29-13-8-6-9-14-29)23-27-19-21-28(22-20-27)25(2)3/h6,8-9,12-16,19-26H,5,7,10-11,17-18H2,1-4H3,(H,41,46)(H,42,45)(H,43,44)/b33-23+. The first kappa shape index (κ1) is 36.6. The Morgan fingerprint density at radius 2 is 1.62 bits per heavy atom. The molecule has 0 aliphatic heterocycles. The normalized spacial score (nSPS) is 13.5. The molecular weight excluding hydrogens is 667 g/mol. The molecule has 1 unspecified atom stereocenters. The van der Waals surface area contributed by atoms with Gasteiger partial charge >= 0.3 is 5.97 Å². The maximum Gasteiger partial charge on any atom is 0.341 e. The number of fused-ring (bicyclic) bond motifs is 1. The Hall–Kier alpha value is -4.67. The molecule has 3 aromatic carbocycles. The molecule has 0 saturated carbocycles. The third kappa shape index (κ3) is 9.52. The molecule has 0 spiro atoms. The Morgan fingerprint density at radius 1 is 0.880 bits per heavy atom. The van der Waals surface area contributed by atoms with Crippen LogP contribution in [0.15, 0.2) is 89.5 Å². The lowest BCUT2D eigenvalue weighted by molar-refractivity contribution is -0.115. The van der Waals surface area contributed by atoms with E-state index < -0.39 is 23.0 Å². The van der Waals surface area contributed by atoms with Gasteiger partial charge in [0.25, 0.3) is 11.8 Å². The van der Waals surface area contributed by atoms with Gasteiger partial charge in [0.15, 0.2) is 0 Å². The Morgan fingerprint density at radius 3 is 2.34 bits per heavy atom. The Balaban J connectivity index is 1.30. The number of carbonyl (C=O) groups excluding carboxylic acids is 4. The molecule has 1 heterocycles. The van der Waals surface area contributed by atoms with Crippen molar-refractivity contribution in [3.63, 3.8) is 0 Å². The smallest absolute Gasteiger partial charge is 0.341 e. The van der Waals surface area contributed by atoms with Gasteiger partial charge in [-0.3, -0.25) is 14.4 Å². The monoisotopic (exact) mass is 709 g/mol. The predicted octanol–water partition coefficient (Wildman–Crippen LogP) is 8.85. The lowest BCUT2D eigenvalue weighted by Crippen LogP contribution is -2.30. The molecule has 5 rings (SSSR count). The highest BCUT2D eigenvalue weighted by Gasteiger charge is 2.28. The summed E-state index contributed by atoms with van der Waals surface area (Å²) >= 11 is 2.81. The van der Waals surface area contributed by atoms with Gasteiger partial charge in [-0.2, -0.15) is 0 Å². The second kappa shape index (κ2) is 17.3. The average molecular weight is 710 g/mol. The molecule has 3 amide bonds. The largest absolute Gasteiger partial charge is 0.462 e. The molecule has 1 aliphatic carbocycles. The number of ether oxygens (including phenoxy) is 1. The lowest BCUT2D eigenvalue weighted by Gasteiger charge is -2.14. The van der Waals surface area contributed by atoms with E-state index in [1.54, 1.807) is 62.4 Å². The topological polar surface area (TPSA) is 114 Å². The van der Waals surface area contributed by atoms with Gasteiger partial charge in [0, 0.05) is 21.0 Å². The highest BCUT2D eigenvalue weighted by molar-refractivity contribution is 8.00. The summed E-state index contributed by atoms with van der Waals surface area (Å²) in [5, 5.41) is 8.75. The van der Waals surface area contributed by atoms with Crippen LogP contribution in [0.3, 0.4) is 0 Å². The van der Waals surface area contributed by atoms with Crippen molar-refractivity contribution in [1.29, 1.82) is 0 Å². The first-order valence-electron chi connectivity index (χ1n) is 17.0. The second-order valence-corrected chi connectivity index (χ2v) is 14.9. The molecule has 1 aliphatic rings. The second-order valence-electron chi connectivity index (χ2n) is 12.4. The van der Waals surface area contributed by atoms with Crippen LogP contribution >= 0.6 is 23.1 Å². The molecule has 8 nitrogen and oxygen atoms in total. The number of amides is 3. The summed E-state index contributed by atoms with van der Waals surface area (Å²) in [7, 11) is 0. The van der Waals surface area contributed by atoms with E-state index in [1.807, 2.05) is 36.4 Å². The van der Waals surface area contributed by atoms with E-state index in [1.165, 1.54) is 28.7 Å². The number of esters is 1. The van der Waals surface area contributed by atoms with Gasteiger partial charge in [-0.15, -0.1) is 23.1 Å². The van der Waals surface area contributed by atoms with Gasteiger partial charge in [-0.05, 0) is 98.5 Å². The van der Waals surface area contributed by atoms with Gasteiger partial charge in [-0.1, -0.05) is 68.8 Å². The summed E-state index contributed by atoms with van der Waals surface area (Å²) in [6.45, 7) is 8.07. The molecule has 0 bridgehead atoms. The molecule has 50 heavy (non-hydrogen) atoms. The zero-order valence-electron chi connectivity index (χ0n) is 28.8. The molecule has 0 radical (unpaired) electrons. The average Bonchev–Trinajstić information content (AvgIpc) is 3.28. The SMILES string of the molecule is CCOC(=O)c1c(NC(=O)C(C)Sc2cccc(NC(=O)/C(=C\c3ccc(C(C)C)cc3)NC(=O)c3ccccc3)c2)sc2c1CCCCC2. The number of thiophene rings is 1. The van der Waals surface area contributed by atoms with Crippen LogP contribution in [0.5, 0.6) is 0 Å². The highest BCUT2D eigenvalue weighted by Crippen LogP contribution is 2.38. The van der Waals surface area contributed by atoms with Crippen LogP contribution in [0.4, 0.5) is 10.7 Å². The maximum atomic E-state index is 13.6. The Bertz CT molecular complexity index is 1870. The van der Waals surface area contributed by atoms with Crippen molar-refractivity contribution in [3.8, 4) is 0 Å². The number of hydrogen-bond donors (Lipinski definition) is 3. The fourth-order valence-corrected chi connectivity index (χ4v) is 7.86. The summed E-state index contributed by atoms with van der Waals surface area (Å²) in [5.41, 5.74) is 4.46. The van der Waals surface area contributed by atoms with Crippen LogP contribution in [0.25, 0.3) is 6.08 Å². The van der Waals surface area contributed by atoms with E-state index in [0.29, 0.717) is 27.7 Å². The first-order chi connectivity index (χ1) is 24.1. The number of thioether (sulfide) groups is 1. The van der Waals surface area contributed by atoms with Gasteiger partial charge in [-0.25, -0.2) is 4.79 Å². The summed E-state index contributed by atoms with van der Waals surface area (Å²) in [6, 6.07) is 23.8. The van der Waals surface area contributed by atoms with Crippen molar-refractivity contribution >= 4 is 63.6 Å². The van der Waals surface area contributed by atoms with E-state index in [4.69, 9.17) is 4.74 Å². The van der Waals surface area contributed by atoms with Crippen molar-refractivity contribution in [2.45, 2.75) is 75.9 Å². The van der Waals surface area contributed by atoms with Crippen LogP contribution in [-0.4, -0.2) is 35.5 Å². The van der Waals surface area contributed by atoms with Gasteiger partial charge in [0.2, 0.25) is 5.91 Å². The van der Waals surface area contributed by atoms with E-state index in [-0.39, 0.29) is 18.2 Å². The van der Waals surface area contributed by atoms with Crippen molar-refractivity contribution < 1.29 is 23.9 Å². The number of aryl methyl sites for hydroxylation is 1. The summed E-state index contributed by atoms with van der Waals surface area (Å²) in [5.74, 6) is -1.15. The minimum absolute atomic E-state index is 0.0914. The van der Waals surface area contributed by atoms with E-state index in [2.05, 4.69) is 29.8 Å². The third-order valence-corrected chi connectivity index (χ3v) is 10.7. The van der Waals surface area contributed by atoms with Crippen LogP contribution in [0.1, 0.15) is 95.2 Å². The van der Waals surface area contributed by atoms with Crippen LogP contribution in [0, 0.1) is 0 Å². The Kier molecular flexibility index (Phi) is 12.7. The number of carbonyl (C=O) groups is 4. The molecule has 1 atom stereocenters. The van der Waals surface area contributed by atoms with Crippen LogP contribution in [-0.2, 0) is 27.2 Å². The molecule has 4 aromatic rings. The van der Waals surface area contributed by atoms with E-state index >= 15 is 0 Å². The fourth-order valence-electron chi connectivity index (χ4n) is 5.65. The summed E-state index contributed by atoms with van der Waals surface area (Å²) in [4.78, 5) is 55.0. The molecule has 3 N–H and O–H groups in total. The highest BCUT2D eigenvalue weighted by atomic mass is 32.2. The quantitative estimate of drug-likeness (QED) is 0.0587. The number of nitrogens with one attached hydrogen (secondary N) is 3. The number of hydrogen-bond acceptors (Lipinski definition) is 7. The molecule has 260 valence electrons. The van der Waals surface area contributed by atoms with Crippen molar-refractivity contribution in [2.75, 3.05) is 17.2 Å². The number of benzene rings is 3. The number of anilines is 2. The summed E-state index contributed by atoms with van der Waals surface area (Å²) in [6.07, 6.45) is 6.53. The molecule has 1 aromatic heterocycles. The van der Waals surface area contributed by atoms with Gasteiger partial charge in [0.05, 0.1) is 17.4 Å². The minimum Gasteiger partial charge on any atom is -0.462 e. The fraction of sp³-hybridized carbons (Fsp3) is 0.300. The third-order valence-electron chi connectivity index (χ3n) is 8.35. The van der Waals surface area contributed by atoms with Crippen molar-refractivity contribution in [2.24, 2.45) is 0 Å². The van der Waals surface area contributed by atoms with Crippen LogP contribution in [0.2, 0.25) is 0 Å². The maximum absolute atomic E-state index is 13.6. The molecule has 0 fully saturated rings. The number of rotatable bonds is 12. The van der Waals surface area contributed by atoms with E-state index in [9.17, 15) is 19.2 Å².